The highest BCUT2D eigenvalue weighted by atomic mass is 15.3. The van der Waals surface area contributed by atoms with Crippen LogP contribution < -0.4 is 10.6 Å². The summed E-state index contributed by atoms with van der Waals surface area (Å²) in [6, 6.07) is 10.4. The van der Waals surface area contributed by atoms with Crippen LogP contribution in [0.5, 0.6) is 0 Å². The van der Waals surface area contributed by atoms with E-state index in [9.17, 15) is 0 Å². The van der Waals surface area contributed by atoms with Crippen LogP contribution in [0.3, 0.4) is 0 Å². The zero-order chi connectivity index (χ0) is 14.8. The topological polar surface area (TPSA) is 67.7 Å². The van der Waals surface area contributed by atoms with E-state index in [1.165, 1.54) is 6.42 Å². The van der Waals surface area contributed by atoms with Crippen molar-refractivity contribution in [3.05, 3.63) is 42.9 Å². The van der Waals surface area contributed by atoms with Crippen molar-refractivity contribution in [2.45, 2.75) is 18.9 Å². The van der Waals surface area contributed by atoms with Crippen molar-refractivity contribution in [1.82, 2.24) is 25.1 Å². The normalized spacial score (nSPS) is 18.5. The third kappa shape index (κ3) is 2.42. The van der Waals surface area contributed by atoms with Crippen LogP contribution in [0.2, 0.25) is 0 Å². The van der Waals surface area contributed by atoms with Crippen molar-refractivity contribution in [2.75, 3.05) is 18.4 Å². The van der Waals surface area contributed by atoms with Gasteiger partial charge in [0, 0.05) is 12.6 Å². The first-order valence-corrected chi connectivity index (χ1v) is 7.63. The van der Waals surface area contributed by atoms with Gasteiger partial charge in [0.2, 0.25) is 0 Å². The number of para-hydroxylation sites is 1. The van der Waals surface area contributed by atoms with E-state index < -0.39 is 0 Å². The lowest BCUT2D eigenvalue weighted by Crippen LogP contribution is -2.38. The summed E-state index contributed by atoms with van der Waals surface area (Å²) in [6.07, 6.45) is 5.78. The molecule has 0 aliphatic carbocycles. The Morgan fingerprint density at radius 1 is 1.18 bits per heavy atom. The molecule has 3 aromatic rings. The third-order valence-electron chi connectivity index (χ3n) is 4.00. The standard InChI is InChI=1S/C16H18N6/c1-2-6-13(7-3-1)22-16-14(10-20-22)15(18-11-19-16)21-12-5-4-8-17-9-12/h1-3,6-7,10-12,17H,4-5,8-9H2,(H,18,19,21). The molecule has 0 saturated carbocycles. The van der Waals surface area contributed by atoms with Gasteiger partial charge in [0.25, 0.3) is 0 Å². The minimum atomic E-state index is 0.409. The van der Waals surface area contributed by atoms with Gasteiger partial charge in [0.15, 0.2) is 5.65 Å². The van der Waals surface area contributed by atoms with Gasteiger partial charge in [-0.15, -0.1) is 0 Å². The van der Waals surface area contributed by atoms with E-state index in [-0.39, 0.29) is 0 Å². The van der Waals surface area contributed by atoms with Crippen LogP contribution >= 0.6 is 0 Å². The number of aromatic nitrogens is 4. The first-order valence-electron chi connectivity index (χ1n) is 7.63. The average molecular weight is 294 g/mol. The van der Waals surface area contributed by atoms with E-state index >= 15 is 0 Å². The van der Waals surface area contributed by atoms with Crippen molar-refractivity contribution >= 4 is 16.9 Å². The Morgan fingerprint density at radius 2 is 2.09 bits per heavy atom. The predicted molar refractivity (Wildman–Crippen MR) is 86.2 cm³/mol. The van der Waals surface area contributed by atoms with E-state index in [4.69, 9.17) is 0 Å². The van der Waals surface area contributed by atoms with Crippen LogP contribution in [0.25, 0.3) is 16.7 Å². The summed E-state index contributed by atoms with van der Waals surface area (Å²) < 4.78 is 1.85. The van der Waals surface area contributed by atoms with Gasteiger partial charge >= 0.3 is 0 Å². The smallest absolute Gasteiger partial charge is 0.168 e. The SMILES string of the molecule is c1ccc(-n2ncc3c(NC4CCCNC4)ncnc32)cc1. The summed E-state index contributed by atoms with van der Waals surface area (Å²) >= 11 is 0. The molecule has 0 radical (unpaired) electrons. The van der Waals surface area contributed by atoms with Crippen LogP contribution in [0, 0.1) is 0 Å². The summed E-state index contributed by atoms with van der Waals surface area (Å²) in [4.78, 5) is 8.81. The van der Waals surface area contributed by atoms with Crippen molar-refractivity contribution in [3.8, 4) is 5.69 Å². The fourth-order valence-corrected chi connectivity index (χ4v) is 2.89. The number of piperidine rings is 1. The fourth-order valence-electron chi connectivity index (χ4n) is 2.89. The molecule has 0 spiro atoms. The molecular weight excluding hydrogens is 276 g/mol. The van der Waals surface area contributed by atoms with E-state index in [0.29, 0.717) is 6.04 Å². The van der Waals surface area contributed by atoms with Crippen molar-refractivity contribution in [2.24, 2.45) is 0 Å². The molecule has 3 heterocycles. The lowest BCUT2D eigenvalue weighted by Gasteiger charge is -2.24. The van der Waals surface area contributed by atoms with Gasteiger partial charge in [-0.25, -0.2) is 14.6 Å². The van der Waals surface area contributed by atoms with Crippen LogP contribution in [-0.2, 0) is 0 Å². The molecule has 1 aliphatic rings. The molecule has 1 saturated heterocycles. The molecule has 4 rings (SSSR count). The van der Waals surface area contributed by atoms with Crippen LogP contribution in [-0.4, -0.2) is 38.9 Å². The molecule has 1 aromatic carbocycles. The number of anilines is 1. The Morgan fingerprint density at radius 3 is 2.91 bits per heavy atom. The molecule has 112 valence electrons. The largest absolute Gasteiger partial charge is 0.365 e. The molecule has 1 unspecified atom stereocenters. The monoisotopic (exact) mass is 294 g/mol. The van der Waals surface area contributed by atoms with Crippen molar-refractivity contribution in [1.29, 1.82) is 0 Å². The molecule has 6 heteroatoms. The second-order valence-corrected chi connectivity index (χ2v) is 5.54. The average Bonchev–Trinajstić information content (AvgIpc) is 3.02. The molecule has 6 nitrogen and oxygen atoms in total. The van der Waals surface area contributed by atoms with E-state index in [2.05, 4.69) is 25.7 Å². The van der Waals surface area contributed by atoms with E-state index in [0.717, 1.165) is 42.0 Å². The highest BCUT2D eigenvalue weighted by Gasteiger charge is 2.16. The minimum absolute atomic E-state index is 0.409. The van der Waals surface area contributed by atoms with Gasteiger partial charge in [0.05, 0.1) is 17.3 Å². The molecule has 2 aromatic heterocycles. The van der Waals surface area contributed by atoms with Crippen LogP contribution in [0.15, 0.2) is 42.9 Å². The third-order valence-corrected chi connectivity index (χ3v) is 4.00. The zero-order valence-electron chi connectivity index (χ0n) is 12.2. The second kappa shape index (κ2) is 5.73. The maximum atomic E-state index is 4.48. The molecule has 1 fully saturated rings. The number of fused-ring (bicyclic) bond motifs is 1. The Hall–Kier alpha value is -2.47. The molecule has 0 bridgehead atoms. The molecule has 1 atom stereocenters. The quantitative estimate of drug-likeness (QED) is 0.773. The molecular formula is C16H18N6. The Balaban J connectivity index is 1.70. The van der Waals surface area contributed by atoms with Gasteiger partial charge in [-0.1, -0.05) is 18.2 Å². The lowest BCUT2D eigenvalue weighted by atomic mass is 10.1. The summed E-state index contributed by atoms with van der Waals surface area (Å²) in [5.41, 5.74) is 1.83. The lowest BCUT2D eigenvalue weighted by molar-refractivity contribution is 0.479. The Kier molecular flexibility index (Phi) is 3.44. The highest BCUT2D eigenvalue weighted by Crippen LogP contribution is 2.22. The van der Waals surface area contributed by atoms with Crippen molar-refractivity contribution in [3.63, 3.8) is 0 Å². The number of hydrogen-bond donors (Lipinski definition) is 2. The van der Waals surface area contributed by atoms with Gasteiger partial charge in [0.1, 0.15) is 12.1 Å². The zero-order valence-corrected chi connectivity index (χ0v) is 12.2. The Labute approximate surface area is 128 Å². The number of nitrogens with one attached hydrogen (secondary N) is 2. The minimum Gasteiger partial charge on any atom is -0.365 e. The summed E-state index contributed by atoms with van der Waals surface area (Å²) in [7, 11) is 0. The molecule has 1 aliphatic heterocycles. The second-order valence-electron chi connectivity index (χ2n) is 5.54. The maximum absolute atomic E-state index is 4.48. The molecule has 2 N–H and O–H groups in total. The van der Waals surface area contributed by atoms with Crippen LogP contribution in [0.4, 0.5) is 5.82 Å². The van der Waals surface area contributed by atoms with E-state index in [1.54, 1.807) is 6.33 Å². The fraction of sp³-hybridized carbons (Fsp3) is 0.312. The molecule has 0 amide bonds. The molecule has 22 heavy (non-hydrogen) atoms. The van der Waals surface area contributed by atoms with Crippen LogP contribution in [0.1, 0.15) is 12.8 Å². The maximum Gasteiger partial charge on any atom is 0.168 e. The van der Waals surface area contributed by atoms with Crippen molar-refractivity contribution < 1.29 is 0 Å². The number of rotatable bonds is 3. The predicted octanol–water partition coefficient (Wildman–Crippen LogP) is 1.98. The van der Waals surface area contributed by atoms with Gasteiger partial charge < -0.3 is 10.6 Å². The first kappa shape index (κ1) is 13.2. The summed E-state index contributed by atoms with van der Waals surface area (Å²) in [5.74, 6) is 0.862. The highest BCUT2D eigenvalue weighted by molar-refractivity contribution is 5.87. The van der Waals surface area contributed by atoms with Gasteiger partial charge in [-0.2, -0.15) is 5.10 Å². The summed E-state index contributed by atoms with van der Waals surface area (Å²) in [6.45, 7) is 2.07. The van der Waals surface area contributed by atoms with Gasteiger partial charge in [-0.05, 0) is 31.5 Å². The first-order chi connectivity index (χ1) is 10.9. The Bertz CT molecular complexity index is 761. The number of nitrogens with zero attached hydrogens (tertiary/aromatic N) is 4. The van der Waals surface area contributed by atoms with E-state index in [1.807, 2.05) is 41.2 Å². The van der Waals surface area contributed by atoms with Gasteiger partial charge in [-0.3, -0.25) is 0 Å². The summed E-state index contributed by atoms with van der Waals surface area (Å²) in [5, 5.41) is 12.4. The number of benzene rings is 1. The number of hydrogen-bond acceptors (Lipinski definition) is 5.